The Kier molecular flexibility index (Phi) is 5.98. The van der Waals surface area contributed by atoms with Crippen molar-refractivity contribution in [2.45, 2.75) is 19.9 Å². The van der Waals surface area contributed by atoms with Crippen molar-refractivity contribution in [1.29, 1.82) is 0 Å². The van der Waals surface area contributed by atoms with Crippen molar-refractivity contribution < 1.29 is 14.6 Å². The third-order valence-corrected chi connectivity index (χ3v) is 3.41. The number of carbonyl (C=O) groups excluding carboxylic acids is 1. The van der Waals surface area contributed by atoms with Crippen LogP contribution in [0, 0.1) is 6.92 Å². The van der Waals surface area contributed by atoms with Gasteiger partial charge in [-0.3, -0.25) is 4.79 Å². The summed E-state index contributed by atoms with van der Waals surface area (Å²) < 4.78 is 5.45. The van der Waals surface area contributed by atoms with Crippen LogP contribution < -0.4 is 10.1 Å². The molecule has 0 bridgehead atoms. The number of carbonyl (C=O) groups is 1. The maximum Gasteiger partial charge on any atom is 0.224 e. The molecule has 0 aliphatic heterocycles. The maximum atomic E-state index is 12.1. The number of ether oxygens (including phenoxy) is 1. The highest BCUT2D eigenvalue weighted by Crippen LogP contribution is 2.17. The Labute approximate surface area is 130 Å². The molecule has 22 heavy (non-hydrogen) atoms. The number of nitrogens with one attached hydrogen (secondary N) is 1. The van der Waals surface area contributed by atoms with Crippen LogP contribution >= 0.6 is 0 Å². The zero-order chi connectivity index (χ0) is 15.8. The lowest BCUT2D eigenvalue weighted by atomic mass is 10.1. The van der Waals surface area contributed by atoms with Gasteiger partial charge in [0, 0.05) is 12.1 Å². The Morgan fingerprint density at radius 1 is 1.09 bits per heavy atom. The Morgan fingerprint density at radius 3 is 2.50 bits per heavy atom. The molecule has 1 amide bonds. The fourth-order valence-electron chi connectivity index (χ4n) is 2.18. The van der Waals surface area contributed by atoms with E-state index in [1.807, 2.05) is 55.5 Å². The second-order valence-electron chi connectivity index (χ2n) is 5.06. The van der Waals surface area contributed by atoms with Gasteiger partial charge in [0.15, 0.2) is 0 Å². The molecule has 0 atom stereocenters. The van der Waals surface area contributed by atoms with Gasteiger partial charge in [0.1, 0.15) is 12.4 Å². The van der Waals surface area contributed by atoms with E-state index in [2.05, 4.69) is 5.32 Å². The molecule has 0 saturated heterocycles. The quantitative estimate of drug-likeness (QED) is 0.824. The summed E-state index contributed by atoms with van der Waals surface area (Å²) in [5.74, 6) is 0.666. The van der Waals surface area contributed by atoms with Crippen LogP contribution in [0.3, 0.4) is 0 Å². The number of aliphatic hydroxyl groups is 1. The molecule has 0 aromatic heterocycles. The summed E-state index contributed by atoms with van der Waals surface area (Å²) in [5, 5.41) is 11.7. The van der Waals surface area contributed by atoms with E-state index in [-0.39, 0.29) is 19.1 Å². The summed E-state index contributed by atoms with van der Waals surface area (Å²) in [6.07, 6.45) is 0.367. The van der Waals surface area contributed by atoms with Crippen LogP contribution in [0.4, 0.5) is 0 Å². The van der Waals surface area contributed by atoms with Gasteiger partial charge in [-0.15, -0.1) is 0 Å². The standard InChI is InChI=1S/C18H21NO3/c1-14-6-2-3-7-15(14)12-18(21)19-13-16-8-4-5-9-17(16)22-11-10-20/h2-9,20H,10-13H2,1H3,(H,19,21). The van der Waals surface area contributed by atoms with E-state index in [1.165, 1.54) is 0 Å². The van der Waals surface area contributed by atoms with Gasteiger partial charge < -0.3 is 15.2 Å². The minimum Gasteiger partial charge on any atom is -0.491 e. The van der Waals surface area contributed by atoms with Crippen molar-refractivity contribution in [1.82, 2.24) is 5.32 Å². The van der Waals surface area contributed by atoms with Gasteiger partial charge in [-0.05, 0) is 24.1 Å². The number of aryl methyl sites for hydroxylation is 1. The molecule has 2 N–H and O–H groups in total. The monoisotopic (exact) mass is 299 g/mol. The zero-order valence-electron chi connectivity index (χ0n) is 12.7. The van der Waals surface area contributed by atoms with E-state index in [9.17, 15) is 4.79 Å². The van der Waals surface area contributed by atoms with Crippen LogP contribution in [0.2, 0.25) is 0 Å². The second-order valence-corrected chi connectivity index (χ2v) is 5.06. The lowest BCUT2D eigenvalue weighted by Gasteiger charge is -2.12. The predicted octanol–water partition coefficient (Wildman–Crippen LogP) is 2.23. The van der Waals surface area contributed by atoms with Crippen molar-refractivity contribution in [2.75, 3.05) is 13.2 Å². The molecule has 0 aliphatic carbocycles. The molecule has 2 aromatic carbocycles. The number of amides is 1. The SMILES string of the molecule is Cc1ccccc1CC(=O)NCc1ccccc1OCCO. The van der Waals surface area contributed by atoms with Gasteiger partial charge in [0.05, 0.1) is 13.0 Å². The highest BCUT2D eigenvalue weighted by molar-refractivity contribution is 5.78. The minimum absolute atomic E-state index is 0.0220. The normalized spacial score (nSPS) is 10.3. The van der Waals surface area contributed by atoms with Crippen LogP contribution in [-0.2, 0) is 17.8 Å². The van der Waals surface area contributed by atoms with Gasteiger partial charge in [-0.2, -0.15) is 0 Å². The molecule has 0 heterocycles. The van der Waals surface area contributed by atoms with E-state index in [0.717, 1.165) is 16.7 Å². The summed E-state index contributed by atoms with van der Waals surface area (Å²) in [7, 11) is 0. The van der Waals surface area contributed by atoms with E-state index >= 15 is 0 Å². The van der Waals surface area contributed by atoms with Crippen molar-refractivity contribution in [3.8, 4) is 5.75 Å². The summed E-state index contributed by atoms with van der Waals surface area (Å²) in [6, 6.07) is 15.4. The molecule has 0 radical (unpaired) electrons. The number of benzene rings is 2. The maximum absolute atomic E-state index is 12.1. The van der Waals surface area contributed by atoms with Crippen molar-refractivity contribution in [3.05, 3.63) is 65.2 Å². The van der Waals surface area contributed by atoms with Crippen molar-refractivity contribution in [3.63, 3.8) is 0 Å². The molecule has 0 fully saturated rings. The molecule has 0 saturated carbocycles. The molecular weight excluding hydrogens is 278 g/mol. The minimum atomic E-state index is -0.0338. The lowest BCUT2D eigenvalue weighted by molar-refractivity contribution is -0.120. The Bertz CT molecular complexity index is 625. The molecular formula is C18H21NO3. The van der Waals surface area contributed by atoms with Crippen molar-refractivity contribution >= 4 is 5.91 Å². The van der Waals surface area contributed by atoms with Gasteiger partial charge in [-0.25, -0.2) is 0 Å². The van der Waals surface area contributed by atoms with Gasteiger partial charge in [0.25, 0.3) is 0 Å². The summed E-state index contributed by atoms with van der Waals surface area (Å²) in [4.78, 5) is 12.1. The smallest absolute Gasteiger partial charge is 0.224 e. The lowest BCUT2D eigenvalue weighted by Crippen LogP contribution is -2.25. The molecule has 0 unspecified atom stereocenters. The fraction of sp³-hybridized carbons (Fsp3) is 0.278. The summed E-state index contributed by atoms with van der Waals surface area (Å²) in [6.45, 7) is 2.62. The molecule has 2 aromatic rings. The summed E-state index contributed by atoms with van der Waals surface area (Å²) >= 11 is 0. The number of hydrogen-bond donors (Lipinski definition) is 2. The Morgan fingerprint density at radius 2 is 1.77 bits per heavy atom. The third kappa shape index (κ3) is 4.60. The van der Waals surface area contributed by atoms with E-state index in [4.69, 9.17) is 9.84 Å². The molecule has 4 heteroatoms. The van der Waals surface area contributed by atoms with Crippen LogP contribution in [0.1, 0.15) is 16.7 Å². The Balaban J connectivity index is 1.92. The van der Waals surface area contributed by atoms with E-state index < -0.39 is 0 Å². The molecule has 0 spiro atoms. The summed E-state index contributed by atoms with van der Waals surface area (Å²) in [5.41, 5.74) is 3.04. The third-order valence-electron chi connectivity index (χ3n) is 3.41. The average Bonchev–Trinajstić information content (AvgIpc) is 2.54. The fourth-order valence-corrected chi connectivity index (χ4v) is 2.18. The molecule has 0 aliphatic rings. The number of para-hydroxylation sites is 1. The molecule has 4 nitrogen and oxygen atoms in total. The van der Waals surface area contributed by atoms with E-state index in [0.29, 0.717) is 18.7 Å². The zero-order valence-corrected chi connectivity index (χ0v) is 12.7. The van der Waals surface area contributed by atoms with Crippen molar-refractivity contribution in [2.24, 2.45) is 0 Å². The molecule has 116 valence electrons. The van der Waals surface area contributed by atoms with Gasteiger partial charge in [0.2, 0.25) is 5.91 Å². The van der Waals surface area contributed by atoms with Crippen LogP contribution in [0.5, 0.6) is 5.75 Å². The first-order valence-electron chi connectivity index (χ1n) is 7.33. The number of aliphatic hydroxyl groups excluding tert-OH is 1. The van der Waals surface area contributed by atoms with E-state index in [1.54, 1.807) is 0 Å². The first-order chi connectivity index (χ1) is 10.7. The Hall–Kier alpha value is -2.33. The predicted molar refractivity (Wildman–Crippen MR) is 85.8 cm³/mol. The van der Waals surface area contributed by atoms with Crippen LogP contribution in [0.15, 0.2) is 48.5 Å². The van der Waals surface area contributed by atoms with Crippen LogP contribution in [0.25, 0.3) is 0 Å². The highest BCUT2D eigenvalue weighted by Gasteiger charge is 2.07. The van der Waals surface area contributed by atoms with Gasteiger partial charge in [-0.1, -0.05) is 42.5 Å². The highest BCUT2D eigenvalue weighted by atomic mass is 16.5. The topological polar surface area (TPSA) is 58.6 Å². The first kappa shape index (κ1) is 16.0. The first-order valence-corrected chi connectivity index (χ1v) is 7.33. The number of hydrogen-bond acceptors (Lipinski definition) is 3. The average molecular weight is 299 g/mol. The largest absolute Gasteiger partial charge is 0.491 e. The van der Waals surface area contributed by atoms with Gasteiger partial charge >= 0.3 is 0 Å². The molecule has 2 rings (SSSR count). The number of rotatable bonds is 7. The van der Waals surface area contributed by atoms with Crippen LogP contribution in [-0.4, -0.2) is 24.2 Å². The second kappa shape index (κ2) is 8.20.